The highest BCUT2D eigenvalue weighted by Crippen LogP contribution is 2.29. The van der Waals surface area contributed by atoms with Crippen LogP contribution in [0.5, 0.6) is 5.75 Å². The molecule has 1 aromatic rings. The van der Waals surface area contributed by atoms with E-state index in [4.69, 9.17) is 33.4 Å². The third-order valence-electron chi connectivity index (χ3n) is 1.24. The van der Waals surface area contributed by atoms with Gasteiger partial charge < -0.3 is 10.2 Å². The normalized spacial score (nSPS) is 9.83. The molecule has 0 unspecified atom stereocenters. The Morgan fingerprint density at radius 3 is 2.00 bits per heavy atom. The molecule has 0 heterocycles. The smallest absolute Gasteiger partial charge is 0.338 e. The number of aromatic hydroxyl groups is 1. The lowest BCUT2D eigenvalue weighted by molar-refractivity contribution is 0.0697. The van der Waals surface area contributed by atoms with Crippen LogP contribution in [0.25, 0.3) is 0 Å². The van der Waals surface area contributed by atoms with Gasteiger partial charge in [0.25, 0.3) is 0 Å². The van der Waals surface area contributed by atoms with Crippen LogP contribution in [-0.4, -0.2) is 16.2 Å². The van der Waals surface area contributed by atoms with Crippen molar-refractivity contribution in [3.05, 3.63) is 27.7 Å². The zero-order chi connectivity index (χ0) is 9.30. The average molecular weight is 207 g/mol. The summed E-state index contributed by atoms with van der Waals surface area (Å²) in [6.45, 7) is 0. The molecule has 0 aromatic heterocycles. The van der Waals surface area contributed by atoms with Gasteiger partial charge in [-0.15, -0.1) is 0 Å². The summed E-state index contributed by atoms with van der Waals surface area (Å²) in [5.74, 6) is -1.37. The highest BCUT2D eigenvalue weighted by Gasteiger charge is 2.14. The molecule has 2 N–H and O–H groups in total. The molecule has 0 amide bonds. The van der Waals surface area contributed by atoms with E-state index in [1.54, 1.807) is 0 Å². The number of phenolic OH excluding ortho intramolecular Hbond substituents is 1. The second kappa shape index (κ2) is 3.21. The fourth-order valence-corrected chi connectivity index (χ4v) is 1.40. The quantitative estimate of drug-likeness (QED) is 0.743. The second-order valence-electron chi connectivity index (χ2n) is 2.09. The maximum absolute atomic E-state index is 10.5. The Labute approximate surface area is 78.2 Å². The van der Waals surface area contributed by atoms with Crippen molar-refractivity contribution in [2.45, 2.75) is 0 Å². The Kier molecular flexibility index (Phi) is 2.45. The fraction of sp³-hybridized carbons (Fsp3) is 0. The van der Waals surface area contributed by atoms with E-state index in [1.807, 2.05) is 0 Å². The molecular weight excluding hydrogens is 203 g/mol. The van der Waals surface area contributed by atoms with E-state index in [9.17, 15) is 4.79 Å². The summed E-state index contributed by atoms with van der Waals surface area (Å²) in [4.78, 5) is 10.5. The molecule has 0 aliphatic heterocycles. The summed E-state index contributed by atoms with van der Waals surface area (Å²) in [6.07, 6.45) is 0. The number of carbonyl (C=O) groups is 1. The van der Waals surface area contributed by atoms with Crippen molar-refractivity contribution in [1.29, 1.82) is 0 Å². The molecule has 0 radical (unpaired) electrons. The number of halogens is 2. The van der Waals surface area contributed by atoms with E-state index in [2.05, 4.69) is 0 Å². The maximum atomic E-state index is 10.5. The molecule has 1 rings (SSSR count). The predicted octanol–water partition coefficient (Wildman–Crippen LogP) is 2.40. The zero-order valence-corrected chi connectivity index (χ0v) is 7.23. The molecule has 1 aromatic carbocycles. The Morgan fingerprint density at radius 2 is 1.67 bits per heavy atom. The van der Waals surface area contributed by atoms with Crippen molar-refractivity contribution >= 4 is 29.2 Å². The highest BCUT2D eigenvalue weighted by molar-refractivity contribution is 6.39. The summed E-state index contributed by atoms with van der Waals surface area (Å²) in [7, 11) is 0. The average Bonchev–Trinajstić information content (AvgIpc) is 1.82. The third kappa shape index (κ3) is 1.62. The van der Waals surface area contributed by atoms with Gasteiger partial charge in [0, 0.05) is 0 Å². The van der Waals surface area contributed by atoms with Crippen molar-refractivity contribution in [3.63, 3.8) is 0 Å². The lowest BCUT2D eigenvalue weighted by atomic mass is 10.2. The van der Waals surface area contributed by atoms with E-state index in [0.29, 0.717) is 0 Å². The molecule has 0 atom stereocenters. The van der Waals surface area contributed by atoms with Gasteiger partial charge in [-0.05, 0) is 12.1 Å². The second-order valence-corrected chi connectivity index (χ2v) is 2.90. The van der Waals surface area contributed by atoms with E-state index >= 15 is 0 Å². The van der Waals surface area contributed by atoms with Crippen LogP contribution in [0.15, 0.2) is 12.1 Å². The molecule has 64 valence electrons. The molecule has 3 nitrogen and oxygen atoms in total. The maximum Gasteiger partial charge on any atom is 0.338 e. The number of phenols is 1. The van der Waals surface area contributed by atoms with Gasteiger partial charge in [-0.1, -0.05) is 23.2 Å². The molecule has 12 heavy (non-hydrogen) atoms. The van der Waals surface area contributed by atoms with Crippen molar-refractivity contribution < 1.29 is 15.0 Å². The van der Waals surface area contributed by atoms with Gasteiger partial charge in [0.2, 0.25) is 0 Å². The monoisotopic (exact) mass is 206 g/mol. The lowest BCUT2D eigenvalue weighted by Gasteiger charge is -2.01. The van der Waals surface area contributed by atoms with Crippen molar-refractivity contribution in [2.24, 2.45) is 0 Å². The van der Waals surface area contributed by atoms with Crippen LogP contribution in [0.2, 0.25) is 10.0 Å². The topological polar surface area (TPSA) is 57.5 Å². The van der Waals surface area contributed by atoms with E-state index in [1.165, 1.54) is 0 Å². The van der Waals surface area contributed by atoms with Gasteiger partial charge in [0.05, 0.1) is 15.6 Å². The van der Waals surface area contributed by atoms with Crippen molar-refractivity contribution in [3.8, 4) is 5.75 Å². The van der Waals surface area contributed by atoms with Gasteiger partial charge in [0.15, 0.2) is 0 Å². The summed E-state index contributed by atoms with van der Waals surface area (Å²) >= 11 is 11.0. The molecule has 0 aliphatic rings. The SMILES string of the molecule is O=C(O)c1c(Cl)cc(O)cc1Cl. The van der Waals surface area contributed by atoms with E-state index < -0.39 is 5.97 Å². The zero-order valence-electron chi connectivity index (χ0n) is 5.71. The van der Waals surface area contributed by atoms with E-state index in [-0.39, 0.29) is 21.4 Å². The van der Waals surface area contributed by atoms with Crippen LogP contribution in [0.1, 0.15) is 10.4 Å². The largest absolute Gasteiger partial charge is 0.508 e. The Morgan fingerprint density at radius 1 is 1.25 bits per heavy atom. The van der Waals surface area contributed by atoms with Gasteiger partial charge >= 0.3 is 5.97 Å². The molecule has 5 heteroatoms. The first-order valence-electron chi connectivity index (χ1n) is 2.93. The number of hydrogen-bond acceptors (Lipinski definition) is 2. The van der Waals surface area contributed by atoms with Gasteiger partial charge in [-0.2, -0.15) is 0 Å². The molecule has 0 fully saturated rings. The number of carboxylic acid groups (broad SMARTS) is 1. The summed E-state index contributed by atoms with van der Waals surface area (Å²) < 4.78 is 0. The summed E-state index contributed by atoms with van der Waals surface area (Å²) in [5.41, 5.74) is -0.198. The molecule has 0 saturated carbocycles. The first-order valence-corrected chi connectivity index (χ1v) is 3.69. The third-order valence-corrected chi connectivity index (χ3v) is 1.84. The van der Waals surface area contributed by atoms with Crippen molar-refractivity contribution in [2.75, 3.05) is 0 Å². The number of carboxylic acids is 1. The van der Waals surface area contributed by atoms with Crippen LogP contribution < -0.4 is 0 Å². The van der Waals surface area contributed by atoms with Crippen LogP contribution in [-0.2, 0) is 0 Å². The highest BCUT2D eigenvalue weighted by atomic mass is 35.5. The minimum atomic E-state index is -1.22. The fourth-order valence-electron chi connectivity index (χ4n) is 0.764. The van der Waals surface area contributed by atoms with E-state index in [0.717, 1.165) is 12.1 Å². The standard InChI is InChI=1S/C7H4Cl2O3/c8-4-1-3(10)2-5(9)6(4)7(11)12/h1-2,10H,(H,11,12). The Hall–Kier alpha value is -0.930. The lowest BCUT2D eigenvalue weighted by Crippen LogP contribution is -1.98. The molecule has 0 aliphatic carbocycles. The summed E-state index contributed by atoms with van der Waals surface area (Å²) in [5, 5.41) is 17.4. The molecule has 0 bridgehead atoms. The van der Waals surface area contributed by atoms with Crippen LogP contribution >= 0.6 is 23.2 Å². The number of benzene rings is 1. The van der Waals surface area contributed by atoms with Gasteiger partial charge in [0.1, 0.15) is 5.75 Å². The molecular formula is C7H4Cl2O3. The Bertz CT molecular complexity index is 312. The number of aromatic carboxylic acids is 1. The van der Waals surface area contributed by atoms with Crippen LogP contribution in [0.4, 0.5) is 0 Å². The van der Waals surface area contributed by atoms with Crippen LogP contribution in [0.3, 0.4) is 0 Å². The minimum absolute atomic E-state index is 0.0764. The minimum Gasteiger partial charge on any atom is -0.508 e. The number of hydrogen-bond donors (Lipinski definition) is 2. The number of rotatable bonds is 1. The first kappa shape index (κ1) is 9.16. The van der Waals surface area contributed by atoms with Gasteiger partial charge in [-0.3, -0.25) is 0 Å². The van der Waals surface area contributed by atoms with Crippen molar-refractivity contribution in [1.82, 2.24) is 0 Å². The predicted molar refractivity (Wildman–Crippen MR) is 45.1 cm³/mol. The Balaban J connectivity index is 3.38. The summed E-state index contributed by atoms with van der Waals surface area (Å²) in [6, 6.07) is 2.24. The van der Waals surface area contributed by atoms with Crippen LogP contribution in [0, 0.1) is 0 Å². The molecule has 0 saturated heterocycles. The first-order chi connectivity index (χ1) is 5.52. The molecule has 0 spiro atoms. The van der Waals surface area contributed by atoms with Gasteiger partial charge in [-0.25, -0.2) is 4.79 Å².